The highest BCUT2D eigenvalue weighted by Gasteiger charge is 2.41. The minimum Gasteiger partial charge on any atom is -0.481 e. The number of aromatic nitrogens is 2. The molecule has 0 saturated heterocycles. The number of hydrogen-bond acceptors (Lipinski definition) is 32. The van der Waals surface area contributed by atoms with Crippen molar-refractivity contribution in [3.8, 4) is 0 Å². The van der Waals surface area contributed by atoms with E-state index in [1.165, 1.54) is 6.20 Å². The Morgan fingerprint density at radius 3 is 0.993 bits per heavy atom. The molecule has 0 spiro atoms. The smallest absolute Gasteiger partial charge is 0.328 e. The lowest BCUT2D eigenvalue weighted by Crippen LogP contribution is -2.62. The highest BCUT2D eigenvalue weighted by Crippen LogP contribution is 2.13. The molecule has 0 unspecified atom stereocenters. The van der Waals surface area contributed by atoms with Crippen LogP contribution in [0.2, 0.25) is 0 Å². The number of carboxylic acid groups (broad SMARTS) is 3. The van der Waals surface area contributed by atoms with Crippen LogP contribution in [0, 0.1) is 16.7 Å². The molecule has 0 bridgehead atoms. The van der Waals surface area contributed by atoms with Crippen LogP contribution in [0.1, 0.15) is 151 Å². The number of hydrogen-bond donors (Lipinski definition) is 36. The lowest BCUT2D eigenvalue weighted by molar-refractivity contribution is -0.145. The maximum atomic E-state index is 14.5. The number of primary amides is 4. The molecule has 0 aliphatic carbocycles. The molecule has 0 aliphatic heterocycles. The molecule has 21 atom stereocenters. The number of nitrogens with one attached hydrogen (secondary N) is 22. The van der Waals surface area contributed by atoms with E-state index in [1.54, 1.807) is 13.8 Å². The average Bonchev–Trinajstić information content (AvgIpc) is 1.04. The molecule has 1 aromatic rings. The van der Waals surface area contributed by atoms with Crippen molar-refractivity contribution in [2.24, 2.45) is 46.1 Å². The number of carbonyl (C=O) groups excluding carboxylic acids is 21. The second-order valence-electron chi connectivity index (χ2n) is 32.3. The molecule has 43 N–H and O–H groups in total. The molecule has 0 radical (unpaired) electrons. The van der Waals surface area contributed by atoms with E-state index in [-0.39, 0.29) is 56.8 Å². The quantitative estimate of drug-likeness (QED) is 0.0164. The third-order valence-corrected chi connectivity index (χ3v) is 19.6. The van der Waals surface area contributed by atoms with Crippen molar-refractivity contribution in [1.29, 1.82) is 10.8 Å². The van der Waals surface area contributed by atoms with Gasteiger partial charge in [0.05, 0.1) is 63.0 Å². The third kappa shape index (κ3) is 46.2. The molecular weight excluding hydrogens is 1840 g/mol. The van der Waals surface area contributed by atoms with Gasteiger partial charge in [0.25, 0.3) is 0 Å². The predicted octanol–water partition coefficient (Wildman–Crippen LogP) is -17.4. The second kappa shape index (κ2) is 60.2. The maximum absolute atomic E-state index is 14.5. The van der Waals surface area contributed by atoms with Gasteiger partial charge in [0.15, 0.2) is 18.0 Å². The van der Waals surface area contributed by atoms with E-state index >= 15 is 0 Å². The Kier molecular flexibility index (Phi) is 52.8. The van der Waals surface area contributed by atoms with Gasteiger partial charge in [-0.3, -0.25) is 121 Å². The minimum atomic E-state index is -2.09. The lowest BCUT2D eigenvalue weighted by atomic mass is 10.0. The van der Waals surface area contributed by atoms with E-state index < -0.39 is 345 Å². The van der Waals surface area contributed by atoms with Crippen molar-refractivity contribution in [3.05, 3.63) is 18.2 Å². The first-order chi connectivity index (χ1) is 64.2. The maximum Gasteiger partial charge on any atom is 0.328 e. The molecule has 0 aliphatic rings. The molecule has 772 valence electrons. The van der Waals surface area contributed by atoms with Crippen LogP contribution in [0.4, 0.5) is 0 Å². The zero-order valence-corrected chi connectivity index (χ0v) is 76.8. The van der Waals surface area contributed by atoms with Gasteiger partial charge in [0.2, 0.25) is 124 Å². The molecule has 0 aromatic carbocycles. The first-order valence-electron chi connectivity index (χ1n) is 42.7. The van der Waals surface area contributed by atoms with Gasteiger partial charge >= 0.3 is 17.9 Å². The molecule has 1 heterocycles. The highest BCUT2D eigenvalue weighted by atomic mass is 16.4. The number of amides is 21. The summed E-state index contributed by atoms with van der Waals surface area (Å²) in [5, 5.41) is 128. The van der Waals surface area contributed by atoms with Gasteiger partial charge in [-0.2, -0.15) is 0 Å². The zero-order chi connectivity index (χ0) is 106. The van der Waals surface area contributed by atoms with E-state index in [9.17, 15) is 151 Å². The number of carboxylic acids is 3. The number of imidazole rings is 1. The average molecular weight is 1970 g/mol. The monoisotopic (exact) mass is 1970 g/mol. The van der Waals surface area contributed by atoms with E-state index in [4.69, 9.17) is 51.0 Å². The fourth-order valence-corrected chi connectivity index (χ4v) is 12.2. The van der Waals surface area contributed by atoms with Gasteiger partial charge in [-0.05, 0) is 99.3 Å². The van der Waals surface area contributed by atoms with E-state index in [1.807, 2.05) is 10.6 Å². The van der Waals surface area contributed by atoms with E-state index in [0.29, 0.717) is 0 Å². The first-order valence-corrected chi connectivity index (χ1v) is 42.7. The number of nitrogens with zero attached hydrogens (tertiary/aromatic N) is 1. The van der Waals surface area contributed by atoms with Crippen LogP contribution < -0.4 is 141 Å². The Hall–Kier alpha value is -15.2. The number of H-pyrrole nitrogens is 1. The van der Waals surface area contributed by atoms with Crippen molar-refractivity contribution < 1.29 is 151 Å². The molecule has 61 nitrogen and oxygen atoms in total. The van der Waals surface area contributed by atoms with Crippen LogP contribution in [-0.2, 0) is 121 Å². The van der Waals surface area contributed by atoms with Gasteiger partial charge in [-0.25, -0.2) is 9.78 Å². The fourth-order valence-electron chi connectivity index (χ4n) is 12.2. The predicted molar refractivity (Wildman–Crippen MR) is 472 cm³/mol. The van der Waals surface area contributed by atoms with Crippen molar-refractivity contribution >= 4 is 154 Å². The van der Waals surface area contributed by atoms with E-state index in [2.05, 4.69) is 100 Å². The Morgan fingerprint density at radius 2 is 0.630 bits per heavy atom. The Balaban J connectivity index is 3.58. The number of rotatable bonds is 65. The number of nitrogens with two attached hydrogens (primary N) is 7. The van der Waals surface area contributed by atoms with Crippen molar-refractivity contribution in [3.63, 3.8) is 0 Å². The summed E-state index contributed by atoms with van der Waals surface area (Å²) in [6.45, 7) is 9.15. The highest BCUT2D eigenvalue weighted by molar-refractivity contribution is 6.03. The van der Waals surface area contributed by atoms with Gasteiger partial charge < -0.3 is 182 Å². The molecule has 1 aromatic heterocycles. The summed E-state index contributed by atoms with van der Waals surface area (Å²) in [5.74, 6) is -32.5. The van der Waals surface area contributed by atoms with Crippen molar-refractivity contribution in [1.82, 2.24) is 111 Å². The second-order valence-corrected chi connectivity index (χ2v) is 32.3. The Morgan fingerprint density at radius 1 is 0.341 bits per heavy atom. The molecule has 138 heavy (non-hydrogen) atoms. The van der Waals surface area contributed by atoms with Gasteiger partial charge in [0, 0.05) is 44.2 Å². The zero-order valence-electron chi connectivity index (χ0n) is 76.8. The number of aromatic amines is 1. The standard InChI is InChI=1S/C77H128N30O31/c1-29(2)20-38(78)62(124)99-45(23-51(81)114)69(131)104-48(27-108)72(134)97-40(13-11-19-89-77(85)86)64(126)102-47(25-54(118)119)68(130)92-30(3)58(120)91-31(4)59(121)95-39(12-10-18-88-76(83)84)63(125)100-43(21-37-26-87-28-90-37)70(132)106-55(34(7)109)73(135)94-32(5)60(122)96-42(15-17-53(116)117)65(127)98-41(14-16-49(79)112)66(128)101-44(22-50(80)113)67(129)93-33(6)61(123)105-56(35(8)110)74(136)103-46(24-52(82)115)71(133)107-57(36(9)111)75(137)138/h26,28-36,38-48,55-57,108-111H,10-25,27,78H2,1-9H3,(H2,79,112)(H2,80,113)(H2,81,114)(H2,82,115)(H,87,90)(H,91,120)(H,92,130)(H,93,129)(H,94,135)(H,95,121)(H,96,122)(H,97,134)(H,98,127)(H,99,124)(H,100,125)(H,101,128)(H,102,126)(H,103,136)(H,104,131)(H,105,123)(H,106,132)(H,107,133)(H,116,117)(H,118,119)(H,137,138)(H4,83,84,88)(H4,85,86,89)/t30-,31-,32-,33-,34+,35+,36+,38-,39-,40-,41-,42-,43-,44-,45-,46-,47-,48-,55-,56-,57-/m0/s1. The number of guanidine groups is 2. The lowest BCUT2D eigenvalue weighted by Gasteiger charge is -2.28. The topological polar surface area (TPSA) is 1040 Å². The molecule has 61 heteroatoms. The molecule has 21 amide bonds. The Bertz CT molecular complexity index is 4500. The van der Waals surface area contributed by atoms with Crippen LogP contribution in [0.5, 0.6) is 0 Å². The number of aliphatic hydroxyl groups is 4. The molecule has 0 saturated carbocycles. The largest absolute Gasteiger partial charge is 0.481 e. The summed E-state index contributed by atoms with van der Waals surface area (Å²) < 4.78 is 0. The summed E-state index contributed by atoms with van der Waals surface area (Å²) in [6.07, 6.45) is -11.6. The summed E-state index contributed by atoms with van der Waals surface area (Å²) in [5.41, 5.74) is 38.1. The number of aliphatic carboxylic acids is 3. The number of carbonyl (C=O) groups is 24. The van der Waals surface area contributed by atoms with Crippen LogP contribution >= 0.6 is 0 Å². The van der Waals surface area contributed by atoms with Crippen LogP contribution in [0.25, 0.3) is 0 Å². The van der Waals surface area contributed by atoms with Gasteiger partial charge in [-0.1, -0.05) is 13.8 Å². The Labute approximate surface area is 786 Å². The third-order valence-electron chi connectivity index (χ3n) is 19.6. The summed E-state index contributed by atoms with van der Waals surface area (Å²) in [4.78, 5) is 325. The minimum absolute atomic E-state index is 0.0846. The summed E-state index contributed by atoms with van der Waals surface area (Å²) in [7, 11) is 0. The van der Waals surface area contributed by atoms with Crippen LogP contribution in [0.3, 0.4) is 0 Å². The fraction of sp³-hybridized carbons (Fsp3) is 0.623. The van der Waals surface area contributed by atoms with Crippen LogP contribution in [-0.4, -0.2) is 346 Å². The molecule has 0 fully saturated rings. The summed E-state index contributed by atoms with van der Waals surface area (Å²) in [6, 6.07) is -33.3. The SMILES string of the molecule is CC(C)C[C@H](N)C(=O)N[C@@H](CC(N)=O)C(=O)N[C@@H](CO)C(=O)N[C@@H](CCCNC(=N)N)C(=O)N[C@@H](CC(=O)O)C(=O)N[C@@H](C)C(=O)N[C@@H](C)C(=O)N[C@@H](CCCNC(=N)N)C(=O)N[C@@H](Cc1cnc[nH]1)C(=O)N[C@H](C(=O)N[C@@H](C)C(=O)N[C@@H](CCC(=O)O)C(=O)N[C@@H](CCC(N)=O)C(=O)N[C@@H](CC(N)=O)C(=O)N[C@@H](C)C(=O)N[C@H](C(=O)N[C@@H](CC(N)=O)C(=O)N[C@H](C(=O)O)[C@@H](C)O)[C@@H](C)O)[C@@H](C)O. The van der Waals surface area contributed by atoms with Crippen LogP contribution in [0.15, 0.2) is 12.5 Å². The normalized spacial score (nSPS) is 15.6. The summed E-state index contributed by atoms with van der Waals surface area (Å²) >= 11 is 0. The van der Waals surface area contributed by atoms with Gasteiger partial charge in [0.1, 0.15) is 96.7 Å². The molecule has 1 rings (SSSR count). The first kappa shape index (κ1) is 121. The number of aliphatic hydroxyl groups excluding tert-OH is 4. The van der Waals surface area contributed by atoms with Gasteiger partial charge in [-0.15, -0.1) is 0 Å². The molecular formula is C77H128N30O31. The van der Waals surface area contributed by atoms with Crippen molar-refractivity contribution in [2.75, 3.05) is 19.7 Å². The van der Waals surface area contributed by atoms with E-state index in [0.717, 1.165) is 54.8 Å². The van der Waals surface area contributed by atoms with Crippen molar-refractivity contribution in [2.45, 2.75) is 279 Å².